The number of aryl methyl sites for hydroxylation is 1. The molecule has 4 aromatic rings. The van der Waals surface area contributed by atoms with E-state index in [1.54, 1.807) is 12.3 Å². The van der Waals surface area contributed by atoms with Gasteiger partial charge in [0.25, 0.3) is 5.91 Å². The molecule has 2 N–H and O–H groups in total. The highest BCUT2D eigenvalue weighted by atomic mass is 35.5. The predicted molar refractivity (Wildman–Crippen MR) is 139 cm³/mol. The third-order valence-corrected chi connectivity index (χ3v) is 6.62. The van der Waals surface area contributed by atoms with E-state index in [1.807, 2.05) is 61.1 Å². The van der Waals surface area contributed by atoms with E-state index < -0.39 is 0 Å². The number of carbonyl (C=O) groups is 1. The summed E-state index contributed by atoms with van der Waals surface area (Å²) in [4.78, 5) is 24.2. The Hall–Kier alpha value is -3.49. The lowest BCUT2D eigenvalue weighted by Gasteiger charge is -2.30. The lowest BCUT2D eigenvalue weighted by molar-refractivity contribution is 0.102. The van der Waals surface area contributed by atoms with Crippen molar-refractivity contribution < 1.29 is 4.79 Å². The maximum absolute atomic E-state index is 12.9. The third kappa shape index (κ3) is 5.28. The summed E-state index contributed by atoms with van der Waals surface area (Å²) in [5.41, 5.74) is 4.68. The number of hydrogen-bond donors (Lipinski definition) is 2. The van der Waals surface area contributed by atoms with Crippen LogP contribution in [0.25, 0.3) is 11.2 Å². The second-order valence-corrected chi connectivity index (χ2v) is 9.24. The van der Waals surface area contributed by atoms with Gasteiger partial charge in [0.2, 0.25) is 5.65 Å². The molecule has 1 saturated heterocycles. The molecule has 35 heavy (non-hydrogen) atoms. The average Bonchev–Trinajstić information content (AvgIpc) is 3.25. The minimum atomic E-state index is -0.192. The van der Waals surface area contributed by atoms with E-state index in [2.05, 4.69) is 30.6 Å². The van der Waals surface area contributed by atoms with Crippen LogP contribution in [0.15, 0.2) is 54.9 Å². The summed E-state index contributed by atoms with van der Waals surface area (Å²) < 4.78 is 1.82. The number of nitrogens with one attached hydrogen (secondary N) is 2. The Morgan fingerprint density at radius 3 is 2.80 bits per heavy atom. The van der Waals surface area contributed by atoms with Crippen LogP contribution in [-0.4, -0.2) is 43.6 Å². The molecule has 2 aromatic carbocycles. The molecule has 9 heteroatoms. The standard InChI is InChI=1S/C26H28ClN7O/c1-3-34-16-23-25(32-34)31-24(14-28-23)29-17(2)18-6-4-7-21(12-18)30-26(35)19-8-9-20(22(27)13-19)15-33-10-5-11-33/h4,6-9,12-14,16-17H,3,5,10-11,15H2,1-2H3,(H,30,35)(H,29,31,32)/t17-/m0/s1. The molecule has 0 aliphatic carbocycles. The van der Waals surface area contributed by atoms with Crippen LogP contribution < -0.4 is 10.6 Å². The number of amides is 1. The van der Waals surface area contributed by atoms with Crippen molar-refractivity contribution in [1.29, 1.82) is 0 Å². The summed E-state index contributed by atoms with van der Waals surface area (Å²) in [7, 11) is 0. The molecule has 0 spiro atoms. The molecule has 1 amide bonds. The quantitative estimate of drug-likeness (QED) is 0.356. The van der Waals surface area contributed by atoms with Crippen molar-refractivity contribution in [2.45, 2.75) is 39.4 Å². The zero-order chi connectivity index (χ0) is 24.4. The van der Waals surface area contributed by atoms with E-state index in [0.29, 0.717) is 27.7 Å². The van der Waals surface area contributed by atoms with Gasteiger partial charge in [-0.05, 0) is 68.8 Å². The largest absolute Gasteiger partial charge is 0.362 e. The summed E-state index contributed by atoms with van der Waals surface area (Å²) >= 11 is 6.46. The first-order chi connectivity index (χ1) is 17.0. The Labute approximate surface area is 209 Å². The highest BCUT2D eigenvalue weighted by molar-refractivity contribution is 6.31. The van der Waals surface area contributed by atoms with Gasteiger partial charge in [0.1, 0.15) is 11.3 Å². The fourth-order valence-electron chi connectivity index (χ4n) is 4.07. The SMILES string of the molecule is CCn1cc2ncc(N[C@@H](C)c3cccc(NC(=O)c4ccc(CN5CCC5)c(Cl)c4)c3)nc2n1. The number of hydrogen-bond acceptors (Lipinski definition) is 6. The van der Waals surface area contributed by atoms with Gasteiger partial charge in [-0.2, -0.15) is 5.10 Å². The first kappa shape index (κ1) is 23.3. The van der Waals surface area contributed by atoms with Gasteiger partial charge in [-0.3, -0.25) is 14.4 Å². The van der Waals surface area contributed by atoms with E-state index in [1.165, 1.54) is 6.42 Å². The van der Waals surface area contributed by atoms with Crippen LogP contribution in [0.1, 0.15) is 47.8 Å². The summed E-state index contributed by atoms with van der Waals surface area (Å²) in [5.74, 6) is 0.455. The zero-order valence-electron chi connectivity index (χ0n) is 19.8. The van der Waals surface area contributed by atoms with Crippen molar-refractivity contribution in [3.63, 3.8) is 0 Å². The maximum atomic E-state index is 12.9. The molecule has 1 aliphatic heterocycles. The summed E-state index contributed by atoms with van der Waals surface area (Å²) in [6.07, 6.45) is 4.83. The number of aromatic nitrogens is 4. The van der Waals surface area contributed by atoms with Crippen LogP contribution in [0.5, 0.6) is 0 Å². The molecule has 2 aromatic heterocycles. The minimum absolute atomic E-state index is 0.0536. The Morgan fingerprint density at radius 1 is 1.20 bits per heavy atom. The van der Waals surface area contributed by atoms with Gasteiger partial charge in [-0.1, -0.05) is 29.8 Å². The van der Waals surface area contributed by atoms with Crippen molar-refractivity contribution >= 4 is 40.2 Å². The number of rotatable bonds is 8. The minimum Gasteiger partial charge on any atom is -0.362 e. The Balaban J connectivity index is 1.25. The summed E-state index contributed by atoms with van der Waals surface area (Å²) in [6.45, 7) is 7.86. The number of likely N-dealkylation sites (tertiary alicyclic amines) is 1. The highest BCUT2D eigenvalue weighted by Crippen LogP contribution is 2.24. The molecule has 0 radical (unpaired) electrons. The molecule has 0 bridgehead atoms. The van der Waals surface area contributed by atoms with Gasteiger partial charge in [0.15, 0.2) is 0 Å². The molecule has 8 nitrogen and oxygen atoms in total. The molecule has 5 rings (SSSR count). The highest BCUT2D eigenvalue weighted by Gasteiger charge is 2.17. The second-order valence-electron chi connectivity index (χ2n) is 8.83. The molecule has 180 valence electrons. The Morgan fingerprint density at radius 2 is 2.06 bits per heavy atom. The average molecular weight is 490 g/mol. The van der Waals surface area contributed by atoms with Crippen LogP contribution in [0.4, 0.5) is 11.5 Å². The molecule has 0 unspecified atom stereocenters. The van der Waals surface area contributed by atoms with Gasteiger partial charge in [-0.25, -0.2) is 9.97 Å². The molecule has 0 saturated carbocycles. The number of nitrogens with zero attached hydrogens (tertiary/aromatic N) is 5. The van der Waals surface area contributed by atoms with Crippen molar-refractivity contribution in [2.75, 3.05) is 23.7 Å². The van der Waals surface area contributed by atoms with Gasteiger partial charge >= 0.3 is 0 Å². The smallest absolute Gasteiger partial charge is 0.255 e. The van der Waals surface area contributed by atoms with Gasteiger partial charge in [-0.15, -0.1) is 0 Å². The maximum Gasteiger partial charge on any atom is 0.255 e. The number of halogens is 1. The van der Waals surface area contributed by atoms with Gasteiger partial charge < -0.3 is 10.6 Å². The van der Waals surface area contributed by atoms with E-state index in [0.717, 1.165) is 42.8 Å². The number of carbonyl (C=O) groups excluding carboxylic acids is 1. The molecule has 1 aliphatic rings. The van der Waals surface area contributed by atoms with Crippen molar-refractivity contribution in [3.05, 3.63) is 76.6 Å². The predicted octanol–water partition coefficient (Wildman–Crippen LogP) is 5.13. The van der Waals surface area contributed by atoms with E-state index in [4.69, 9.17) is 11.6 Å². The topological polar surface area (TPSA) is 88.0 Å². The van der Waals surface area contributed by atoms with Crippen LogP contribution in [0.2, 0.25) is 5.02 Å². The van der Waals surface area contributed by atoms with E-state index >= 15 is 0 Å². The van der Waals surface area contributed by atoms with Gasteiger partial charge in [0, 0.05) is 29.4 Å². The van der Waals surface area contributed by atoms with Crippen LogP contribution in [-0.2, 0) is 13.1 Å². The monoisotopic (exact) mass is 489 g/mol. The second kappa shape index (κ2) is 10.0. The van der Waals surface area contributed by atoms with Crippen molar-refractivity contribution in [2.24, 2.45) is 0 Å². The van der Waals surface area contributed by atoms with E-state index in [-0.39, 0.29) is 11.9 Å². The van der Waals surface area contributed by atoms with Crippen LogP contribution >= 0.6 is 11.6 Å². The third-order valence-electron chi connectivity index (χ3n) is 6.27. The first-order valence-corrected chi connectivity index (χ1v) is 12.2. The summed E-state index contributed by atoms with van der Waals surface area (Å²) in [6, 6.07) is 13.2. The van der Waals surface area contributed by atoms with Crippen molar-refractivity contribution in [1.82, 2.24) is 24.6 Å². The van der Waals surface area contributed by atoms with Gasteiger partial charge in [0.05, 0.1) is 18.4 Å². The number of anilines is 2. The lowest BCUT2D eigenvalue weighted by atomic mass is 10.1. The Kier molecular flexibility index (Phi) is 6.66. The van der Waals surface area contributed by atoms with Crippen molar-refractivity contribution in [3.8, 4) is 0 Å². The number of fused-ring (bicyclic) bond motifs is 1. The molecule has 3 heterocycles. The van der Waals surface area contributed by atoms with E-state index in [9.17, 15) is 4.79 Å². The Bertz CT molecular complexity index is 1370. The normalized spacial score (nSPS) is 14.5. The lowest BCUT2D eigenvalue weighted by Crippen LogP contribution is -2.36. The first-order valence-electron chi connectivity index (χ1n) is 11.9. The van der Waals surface area contributed by atoms with Crippen LogP contribution in [0.3, 0.4) is 0 Å². The molecule has 1 atom stereocenters. The van der Waals surface area contributed by atoms with Crippen LogP contribution in [0, 0.1) is 0 Å². The molecular formula is C26H28ClN7O. The number of benzene rings is 2. The summed E-state index contributed by atoms with van der Waals surface area (Å²) in [5, 5.41) is 11.4. The zero-order valence-corrected chi connectivity index (χ0v) is 20.6. The molecule has 1 fully saturated rings. The fourth-order valence-corrected chi connectivity index (χ4v) is 4.31. The fraction of sp³-hybridized carbons (Fsp3) is 0.308. The molecular weight excluding hydrogens is 462 g/mol.